The first-order valence-corrected chi connectivity index (χ1v) is 5.70. The van der Waals surface area contributed by atoms with Crippen molar-refractivity contribution in [3.05, 3.63) is 17.5 Å². The maximum Gasteiger partial charge on any atom is 0.303 e. The third-order valence-corrected chi connectivity index (χ3v) is 3.07. The highest BCUT2D eigenvalue weighted by atomic mass is 16.4. The monoisotopic (exact) mass is 223 g/mol. The van der Waals surface area contributed by atoms with Crippen LogP contribution in [-0.2, 0) is 17.8 Å². The second-order valence-corrected chi connectivity index (χ2v) is 4.27. The SMILES string of the molecule is N[C@@H]1CCCc2c1cnn2CCCC(=O)O. The van der Waals surface area contributed by atoms with Crippen LogP contribution in [0.2, 0.25) is 0 Å². The van der Waals surface area contributed by atoms with Gasteiger partial charge < -0.3 is 10.8 Å². The number of carboxylic acids is 1. The number of carbonyl (C=O) groups is 1. The highest BCUT2D eigenvalue weighted by Gasteiger charge is 2.20. The number of hydrogen-bond donors (Lipinski definition) is 2. The van der Waals surface area contributed by atoms with Gasteiger partial charge in [0, 0.05) is 30.3 Å². The number of nitrogens with two attached hydrogens (primary N) is 1. The van der Waals surface area contributed by atoms with Crippen LogP contribution >= 0.6 is 0 Å². The molecule has 0 amide bonds. The lowest BCUT2D eigenvalue weighted by atomic mass is 9.94. The summed E-state index contributed by atoms with van der Waals surface area (Å²) in [6.07, 6.45) is 5.78. The van der Waals surface area contributed by atoms with E-state index in [0.717, 1.165) is 24.8 Å². The summed E-state index contributed by atoms with van der Waals surface area (Å²) in [4.78, 5) is 10.4. The van der Waals surface area contributed by atoms with Gasteiger partial charge in [-0.05, 0) is 25.7 Å². The Morgan fingerprint density at radius 2 is 2.50 bits per heavy atom. The fourth-order valence-electron chi connectivity index (χ4n) is 2.23. The summed E-state index contributed by atoms with van der Waals surface area (Å²) in [5.41, 5.74) is 8.33. The molecule has 88 valence electrons. The van der Waals surface area contributed by atoms with Gasteiger partial charge in [0.25, 0.3) is 0 Å². The summed E-state index contributed by atoms with van der Waals surface area (Å²) >= 11 is 0. The van der Waals surface area contributed by atoms with Gasteiger partial charge in [0.05, 0.1) is 6.20 Å². The molecule has 0 aromatic carbocycles. The summed E-state index contributed by atoms with van der Waals surface area (Å²) in [5.74, 6) is -0.752. The van der Waals surface area contributed by atoms with Crippen LogP contribution in [-0.4, -0.2) is 20.9 Å². The molecule has 0 aliphatic heterocycles. The molecule has 1 aliphatic carbocycles. The van der Waals surface area contributed by atoms with Crippen molar-refractivity contribution < 1.29 is 9.90 Å². The molecule has 5 nitrogen and oxygen atoms in total. The quantitative estimate of drug-likeness (QED) is 0.800. The summed E-state index contributed by atoms with van der Waals surface area (Å²) in [7, 11) is 0. The van der Waals surface area contributed by atoms with Crippen LogP contribution in [0.15, 0.2) is 6.20 Å². The largest absolute Gasteiger partial charge is 0.481 e. The van der Waals surface area contributed by atoms with Gasteiger partial charge in [-0.25, -0.2) is 0 Å². The molecule has 1 atom stereocenters. The molecule has 0 radical (unpaired) electrons. The second kappa shape index (κ2) is 4.65. The average Bonchev–Trinajstić information content (AvgIpc) is 2.63. The number of aryl methyl sites for hydroxylation is 1. The van der Waals surface area contributed by atoms with Gasteiger partial charge in [0.2, 0.25) is 0 Å². The lowest BCUT2D eigenvalue weighted by Gasteiger charge is -2.19. The van der Waals surface area contributed by atoms with Gasteiger partial charge in [0.1, 0.15) is 0 Å². The molecule has 0 spiro atoms. The number of aliphatic carboxylic acids is 1. The fraction of sp³-hybridized carbons (Fsp3) is 0.636. The van der Waals surface area contributed by atoms with Crippen LogP contribution in [0, 0.1) is 0 Å². The Morgan fingerprint density at radius 3 is 3.25 bits per heavy atom. The average molecular weight is 223 g/mol. The van der Waals surface area contributed by atoms with Crippen LogP contribution in [0.4, 0.5) is 0 Å². The predicted octanol–water partition coefficient (Wildman–Crippen LogP) is 1.08. The highest BCUT2D eigenvalue weighted by molar-refractivity contribution is 5.66. The van der Waals surface area contributed by atoms with E-state index in [-0.39, 0.29) is 12.5 Å². The first-order chi connectivity index (χ1) is 7.68. The van der Waals surface area contributed by atoms with Gasteiger partial charge in [-0.15, -0.1) is 0 Å². The molecule has 0 saturated carbocycles. The van der Waals surface area contributed by atoms with Crippen LogP contribution in [0.1, 0.15) is 43.0 Å². The minimum Gasteiger partial charge on any atom is -0.481 e. The molecule has 0 saturated heterocycles. The Hall–Kier alpha value is -1.36. The maximum atomic E-state index is 10.4. The smallest absolute Gasteiger partial charge is 0.303 e. The van der Waals surface area contributed by atoms with Crippen molar-refractivity contribution >= 4 is 5.97 Å². The number of hydrogen-bond acceptors (Lipinski definition) is 3. The van der Waals surface area contributed by atoms with E-state index in [1.54, 1.807) is 0 Å². The third-order valence-electron chi connectivity index (χ3n) is 3.07. The number of fused-ring (bicyclic) bond motifs is 1. The van der Waals surface area contributed by atoms with E-state index in [1.165, 1.54) is 5.69 Å². The van der Waals surface area contributed by atoms with E-state index in [4.69, 9.17) is 10.8 Å². The van der Waals surface area contributed by atoms with E-state index < -0.39 is 5.97 Å². The molecule has 1 heterocycles. The molecule has 1 aliphatic rings. The van der Waals surface area contributed by atoms with Gasteiger partial charge >= 0.3 is 5.97 Å². The molecule has 1 aromatic rings. The van der Waals surface area contributed by atoms with Crippen molar-refractivity contribution in [3.63, 3.8) is 0 Å². The van der Waals surface area contributed by atoms with Crippen molar-refractivity contribution in [3.8, 4) is 0 Å². The molecule has 0 unspecified atom stereocenters. The first-order valence-electron chi connectivity index (χ1n) is 5.70. The minimum atomic E-state index is -0.752. The van der Waals surface area contributed by atoms with E-state index >= 15 is 0 Å². The number of rotatable bonds is 4. The van der Waals surface area contributed by atoms with Crippen LogP contribution < -0.4 is 5.73 Å². The van der Waals surface area contributed by atoms with E-state index in [2.05, 4.69) is 5.10 Å². The number of carboxylic acid groups (broad SMARTS) is 1. The molecule has 5 heteroatoms. The van der Waals surface area contributed by atoms with Crippen molar-refractivity contribution in [1.82, 2.24) is 9.78 Å². The molecule has 1 aromatic heterocycles. The topological polar surface area (TPSA) is 81.1 Å². The molecule has 0 fully saturated rings. The Kier molecular flexibility index (Phi) is 3.24. The number of aromatic nitrogens is 2. The maximum absolute atomic E-state index is 10.4. The van der Waals surface area contributed by atoms with Crippen molar-refractivity contribution in [1.29, 1.82) is 0 Å². The summed E-state index contributed by atoms with van der Waals surface area (Å²) in [6.45, 7) is 0.675. The van der Waals surface area contributed by atoms with Gasteiger partial charge in [0.15, 0.2) is 0 Å². The molecular formula is C11H17N3O2. The lowest BCUT2D eigenvalue weighted by Crippen LogP contribution is -2.18. The predicted molar refractivity (Wildman–Crippen MR) is 59.0 cm³/mol. The first kappa shape index (κ1) is 11.1. The Balaban J connectivity index is 2.02. The minimum absolute atomic E-state index is 0.108. The zero-order chi connectivity index (χ0) is 11.5. The number of nitrogens with zero attached hydrogens (tertiary/aromatic N) is 2. The van der Waals surface area contributed by atoms with Gasteiger partial charge in [-0.3, -0.25) is 9.48 Å². The van der Waals surface area contributed by atoms with Crippen LogP contribution in [0.25, 0.3) is 0 Å². The summed E-state index contributed by atoms with van der Waals surface area (Å²) in [5, 5.41) is 12.9. The molecule has 0 bridgehead atoms. The molecule has 2 rings (SSSR count). The van der Waals surface area contributed by atoms with Gasteiger partial charge in [-0.1, -0.05) is 0 Å². The summed E-state index contributed by atoms with van der Waals surface area (Å²) in [6, 6.07) is 0.108. The fourth-order valence-corrected chi connectivity index (χ4v) is 2.23. The van der Waals surface area contributed by atoms with E-state index in [1.807, 2.05) is 10.9 Å². The van der Waals surface area contributed by atoms with E-state index in [0.29, 0.717) is 13.0 Å². The third kappa shape index (κ3) is 2.24. The zero-order valence-corrected chi connectivity index (χ0v) is 9.22. The van der Waals surface area contributed by atoms with Crippen molar-refractivity contribution in [2.45, 2.75) is 44.7 Å². The highest BCUT2D eigenvalue weighted by Crippen LogP contribution is 2.27. The Labute approximate surface area is 94.2 Å². The Morgan fingerprint density at radius 1 is 1.69 bits per heavy atom. The zero-order valence-electron chi connectivity index (χ0n) is 9.22. The lowest BCUT2D eigenvalue weighted by molar-refractivity contribution is -0.137. The molecule has 16 heavy (non-hydrogen) atoms. The summed E-state index contributed by atoms with van der Waals surface area (Å²) < 4.78 is 1.91. The van der Waals surface area contributed by atoms with Crippen molar-refractivity contribution in [2.75, 3.05) is 0 Å². The van der Waals surface area contributed by atoms with Crippen LogP contribution in [0.3, 0.4) is 0 Å². The van der Waals surface area contributed by atoms with Crippen LogP contribution in [0.5, 0.6) is 0 Å². The van der Waals surface area contributed by atoms with E-state index in [9.17, 15) is 4.79 Å². The normalized spacial score (nSPS) is 19.4. The molecule has 3 N–H and O–H groups in total. The van der Waals surface area contributed by atoms with Gasteiger partial charge in [-0.2, -0.15) is 5.10 Å². The molecular weight excluding hydrogens is 206 g/mol. The standard InChI is InChI=1S/C11H17N3O2/c12-9-3-1-4-10-8(9)7-13-14(10)6-2-5-11(15)16/h7,9H,1-6,12H2,(H,15,16)/t9-/m1/s1. The van der Waals surface area contributed by atoms with Crippen molar-refractivity contribution in [2.24, 2.45) is 5.73 Å². The second-order valence-electron chi connectivity index (χ2n) is 4.27. The Bertz CT molecular complexity index is 387.